The van der Waals surface area contributed by atoms with E-state index >= 15 is 0 Å². The van der Waals surface area contributed by atoms with E-state index in [1.807, 2.05) is 0 Å². The smallest absolute Gasteiger partial charge is 0.328 e. The molecule has 4 N–H and O–H groups in total. The van der Waals surface area contributed by atoms with Crippen LogP contribution in [0.3, 0.4) is 0 Å². The SMILES string of the molecule is C[C@@H](O)[C@H](NC(=O)NC1CCOCC1)C(=O)O. The van der Waals surface area contributed by atoms with Crippen LogP contribution in [0.25, 0.3) is 0 Å². The Morgan fingerprint density at radius 3 is 2.41 bits per heavy atom. The number of ether oxygens (including phenoxy) is 1. The summed E-state index contributed by atoms with van der Waals surface area (Å²) >= 11 is 0. The van der Waals surface area contributed by atoms with Crippen LogP contribution in [-0.4, -0.2) is 53.6 Å². The van der Waals surface area contributed by atoms with Crippen molar-refractivity contribution in [2.24, 2.45) is 0 Å². The Morgan fingerprint density at radius 1 is 1.35 bits per heavy atom. The minimum absolute atomic E-state index is 0.00723. The van der Waals surface area contributed by atoms with Crippen molar-refractivity contribution in [1.29, 1.82) is 0 Å². The van der Waals surface area contributed by atoms with Crippen molar-refractivity contribution >= 4 is 12.0 Å². The maximum atomic E-state index is 11.5. The second-order valence-corrected chi connectivity index (χ2v) is 4.06. The number of amides is 2. The second kappa shape index (κ2) is 6.41. The van der Waals surface area contributed by atoms with E-state index in [0.29, 0.717) is 26.1 Å². The lowest BCUT2D eigenvalue weighted by atomic mass is 10.1. The van der Waals surface area contributed by atoms with Gasteiger partial charge < -0.3 is 25.6 Å². The summed E-state index contributed by atoms with van der Waals surface area (Å²) in [5.41, 5.74) is 0. The highest BCUT2D eigenvalue weighted by Gasteiger charge is 2.26. The molecule has 0 aromatic carbocycles. The van der Waals surface area contributed by atoms with E-state index in [1.165, 1.54) is 6.92 Å². The first-order chi connectivity index (χ1) is 8.00. The first-order valence-corrected chi connectivity index (χ1v) is 5.56. The summed E-state index contributed by atoms with van der Waals surface area (Å²) < 4.78 is 5.13. The molecule has 0 aromatic heterocycles. The van der Waals surface area contributed by atoms with Crippen molar-refractivity contribution < 1.29 is 24.5 Å². The molecule has 1 aliphatic heterocycles. The third-order valence-electron chi connectivity index (χ3n) is 2.59. The molecule has 7 heteroatoms. The fraction of sp³-hybridized carbons (Fsp3) is 0.800. The van der Waals surface area contributed by atoms with Crippen LogP contribution in [0.5, 0.6) is 0 Å². The molecule has 0 saturated carbocycles. The Hall–Kier alpha value is -1.34. The zero-order valence-electron chi connectivity index (χ0n) is 9.68. The standard InChI is InChI=1S/C10H18N2O5/c1-6(13)8(9(14)15)12-10(16)11-7-2-4-17-5-3-7/h6-8,13H,2-5H2,1H3,(H,14,15)(H2,11,12,16)/t6-,8+/m1/s1. The average Bonchev–Trinajstić information content (AvgIpc) is 2.26. The molecule has 0 spiro atoms. The quantitative estimate of drug-likeness (QED) is 0.524. The van der Waals surface area contributed by atoms with Gasteiger partial charge in [-0.05, 0) is 19.8 Å². The lowest BCUT2D eigenvalue weighted by molar-refractivity contribution is -0.141. The number of carboxylic acids is 1. The molecule has 0 unspecified atom stereocenters. The number of urea groups is 1. The van der Waals surface area contributed by atoms with Gasteiger partial charge in [0.25, 0.3) is 0 Å². The molecule has 1 fully saturated rings. The summed E-state index contributed by atoms with van der Waals surface area (Å²) in [5, 5.41) is 22.8. The summed E-state index contributed by atoms with van der Waals surface area (Å²) in [6.07, 6.45) is 0.271. The van der Waals surface area contributed by atoms with Gasteiger partial charge in [0, 0.05) is 19.3 Å². The molecular weight excluding hydrogens is 228 g/mol. The first kappa shape index (κ1) is 13.7. The summed E-state index contributed by atoms with van der Waals surface area (Å²) in [4.78, 5) is 22.2. The van der Waals surface area contributed by atoms with Crippen molar-refractivity contribution in [3.8, 4) is 0 Å². The minimum atomic E-state index is -1.30. The predicted molar refractivity (Wildman–Crippen MR) is 58.6 cm³/mol. The molecule has 17 heavy (non-hydrogen) atoms. The van der Waals surface area contributed by atoms with Gasteiger partial charge in [-0.25, -0.2) is 9.59 Å². The van der Waals surface area contributed by atoms with Gasteiger partial charge in [0.1, 0.15) is 0 Å². The number of hydrogen-bond acceptors (Lipinski definition) is 4. The topological polar surface area (TPSA) is 108 Å². The largest absolute Gasteiger partial charge is 0.480 e. The lowest BCUT2D eigenvalue weighted by Crippen LogP contribution is -2.53. The first-order valence-electron chi connectivity index (χ1n) is 5.56. The van der Waals surface area contributed by atoms with Crippen LogP contribution in [0.4, 0.5) is 4.79 Å². The van der Waals surface area contributed by atoms with Crippen LogP contribution < -0.4 is 10.6 Å². The predicted octanol–water partition coefficient (Wildman–Crippen LogP) is -0.701. The monoisotopic (exact) mass is 246 g/mol. The number of nitrogens with one attached hydrogen (secondary N) is 2. The minimum Gasteiger partial charge on any atom is -0.480 e. The highest BCUT2D eigenvalue weighted by Crippen LogP contribution is 2.05. The third-order valence-corrected chi connectivity index (χ3v) is 2.59. The van der Waals surface area contributed by atoms with Gasteiger partial charge >= 0.3 is 12.0 Å². The summed E-state index contributed by atoms with van der Waals surface area (Å²) in [6.45, 7) is 2.49. The molecule has 1 heterocycles. The van der Waals surface area contributed by atoms with Gasteiger partial charge in [-0.2, -0.15) is 0 Å². The van der Waals surface area contributed by atoms with E-state index in [9.17, 15) is 14.7 Å². The highest BCUT2D eigenvalue weighted by molar-refractivity contribution is 5.83. The van der Waals surface area contributed by atoms with Crippen LogP contribution in [-0.2, 0) is 9.53 Å². The zero-order valence-corrected chi connectivity index (χ0v) is 9.68. The number of carbonyl (C=O) groups is 2. The van der Waals surface area contributed by atoms with E-state index in [0.717, 1.165) is 0 Å². The van der Waals surface area contributed by atoms with Gasteiger partial charge in [0.05, 0.1) is 6.10 Å². The number of aliphatic hydroxyl groups excluding tert-OH is 1. The van der Waals surface area contributed by atoms with Crippen molar-refractivity contribution in [2.75, 3.05) is 13.2 Å². The summed E-state index contributed by atoms with van der Waals surface area (Å²) in [5.74, 6) is -1.26. The molecule has 1 saturated heterocycles. The Balaban J connectivity index is 2.38. The number of aliphatic hydroxyl groups is 1. The second-order valence-electron chi connectivity index (χ2n) is 4.06. The number of rotatable bonds is 4. The van der Waals surface area contributed by atoms with E-state index in [-0.39, 0.29) is 6.04 Å². The third kappa shape index (κ3) is 4.58. The molecule has 0 bridgehead atoms. The van der Waals surface area contributed by atoms with Crippen molar-refractivity contribution in [3.05, 3.63) is 0 Å². The molecule has 2 amide bonds. The molecular formula is C10H18N2O5. The Morgan fingerprint density at radius 2 is 1.94 bits per heavy atom. The molecule has 0 aromatic rings. The van der Waals surface area contributed by atoms with Gasteiger partial charge in [-0.3, -0.25) is 0 Å². The van der Waals surface area contributed by atoms with Crippen LogP contribution in [0.1, 0.15) is 19.8 Å². The number of hydrogen-bond donors (Lipinski definition) is 4. The molecule has 0 aliphatic carbocycles. The van der Waals surface area contributed by atoms with Crippen molar-refractivity contribution in [2.45, 2.75) is 38.0 Å². The van der Waals surface area contributed by atoms with Gasteiger partial charge in [-0.15, -0.1) is 0 Å². The molecule has 98 valence electrons. The number of aliphatic carboxylic acids is 1. The van der Waals surface area contributed by atoms with E-state index < -0.39 is 24.1 Å². The van der Waals surface area contributed by atoms with Crippen molar-refractivity contribution in [1.82, 2.24) is 10.6 Å². The molecule has 1 rings (SSSR count). The van der Waals surface area contributed by atoms with Crippen LogP contribution >= 0.6 is 0 Å². The maximum Gasteiger partial charge on any atom is 0.328 e. The van der Waals surface area contributed by atoms with E-state index in [4.69, 9.17) is 9.84 Å². The summed E-state index contributed by atoms with van der Waals surface area (Å²) in [7, 11) is 0. The van der Waals surface area contributed by atoms with Gasteiger partial charge in [0.2, 0.25) is 0 Å². The molecule has 1 aliphatic rings. The van der Waals surface area contributed by atoms with Crippen LogP contribution in [0, 0.1) is 0 Å². The van der Waals surface area contributed by atoms with Crippen LogP contribution in [0.2, 0.25) is 0 Å². The maximum absolute atomic E-state index is 11.5. The lowest BCUT2D eigenvalue weighted by Gasteiger charge is -2.24. The van der Waals surface area contributed by atoms with E-state index in [2.05, 4.69) is 10.6 Å². The number of carbonyl (C=O) groups excluding carboxylic acids is 1. The van der Waals surface area contributed by atoms with E-state index in [1.54, 1.807) is 0 Å². The molecule has 0 radical (unpaired) electrons. The Kier molecular flexibility index (Phi) is 5.17. The fourth-order valence-corrected chi connectivity index (χ4v) is 1.60. The summed E-state index contributed by atoms with van der Waals surface area (Å²) in [6, 6.07) is -1.88. The number of carboxylic acid groups (broad SMARTS) is 1. The normalized spacial score (nSPS) is 20.4. The zero-order chi connectivity index (χ0) is 12.8. The van der Waals surface area contributed by atoms with Crippen LogP contribution in [0.15, 0.2) is 0 Å². The van der Waals surface area contributed by atoms with Gasteiger partial charge in [-0.1, -0.05) is 0 Å². The van der Waals surface area contributed by atoms with Gasteiger partial charge in [0.15, 0.2) is 6.04 Å². The fourth-order valence-electron chi connectivity index (χ4n) is 1.60. The Bertz CT molecular complexity index is 276. The average molecular weight is 246 g/mol. The molecule has 7 nitrogen and oxygen atoms in total. The van der Waals surface area contributed by atoms with Crippen molar-refractivity contribution in [3.63, 3.8) is 0 Å². The highest BCUT2D eigenvalue weighted by atomic mass is 16.5. The Labute approximate surface area is 99.1 Å². The molecule has 2 atom stereocenters.